The second kappa shape index (κ2) is 2.96. The molecule has 0 aliphatic carbocycles. The van der Waals surface area contributed by atoms with Crippen molar-refractivity contribution in [2.45, 2.75) is 19.0 Å². The van der Waals surface area contributed by atoms with Gasteiger partial charge in [0, 0.05) is 18.7 Å². The van der Waals surface area contributed by atoms with Crippen LogP contribution in [0.15, 0.2) is 11.3 Å². The molecule has 3 aliphatic rings. The van der Waals surface area contributed by atoms with E-state index in [2.05, 4.69) is 10.7 Å². The lowest BCUT2D eigenvalue weighted by molar-refractivity contribution is -0.118. The Labute approximate surface area is 88.4 Å². The zero-order chi connectivity index (χ0) is 10.6. The van der Waals surface area contributed by atoms with Gasteiger partial charge in [0.1, 0.15) is 0 Å². The van der Waals surface area contributed by atoms with Crippen LogP contribution in [0.4, 0.5) is 0 Å². The summed E-state index contributed by atoms with van der Waals surface area (Å²) in [7, 11) is 1.89. The van der Waals surface area contributed by atoms with Crippen LogP contribution in [0.3, 0.4) is 0 Å². The van der Waals surface area contributed by atoms with E-state index in [0.717, 1.165) is 24.5 Å². The van der Waals surface area contributed by atoms with Gasteiger partial charge < -0.3 is 10.1 Å². The predicted molar refractivity (Wildman–Crippen MR) is 53.6 cm³/mol. The van der Waals surface area contributed by atoms with Gasteiger partial charge in [-0.15, -0.1) is 0 Å². The van der Waals surface area contributed by atoms with Gasteiger partial charge in [-0.1, -0.05) is 0 Å². The van der Waals surface area contributed by atoms with Gasteiger partial charge in [0.2, 0.25) is 0 Å². The Morgan fingerprint density at radius 2 is 2.27 bits per heavy atom. The molecule has 0 bridgehead atoms. The van der Waals surface area contributed by atoms with E-state index in [1.165, 1.54) is 0 Å². The maximum absolute atomic E-state index is 11.7. The average molecular weight is 209 g/mol. The number of rotatable bonds is 0. The van der Waals surface area contributed by atoms with E-state index in [-0.39, 0.29) is 11.9 Å². The number of nitrogens with zero attached hydrogens (tertiary/aromatic N) is 1. The molecule has 5 heteroatoms. The Balaban J connectivity index is 1.93. The number of ether oxygens (including phenoxy) is 1. The molecule has 0 aromatic carbocycles. The highest BCUT2D eigenvalue weighted by molar-refractivity contribution is 5.97. The molecule has 82 valence electrons. The molecule has 5 nitrogen and oxygen atoms in total. The van der Waals surface area contributed by atoms with Gasteiger partial charge in [0.25, 0.3) is 5.91 Å². The highest BCUT2D eigenvalue weighted by atomic mass is 16.5. The van der Waals surface area contributed by atoms with Gasteiger partial charge in [0.15, 0.2) is 0 Å². The van der Waals surface area contributed by atoms with E-state index in [1.54, 1.807) is 0 Å². The third kappa shape index (κ3) is 1.13. The van der Waals surface area contributed by atoms with Crippen molar-refractivity contribution in [2.24, 2.45) is 5.92 Å². The van der Waals surface area contributed by atoms with Crippen LogP contribution < -0.4 is 10.7 Å². The third-order valence-corrected chi connectivity index (χ3v) is 3.60. The molecular formula is C10H15N3O2. The molecule has 1 amide bonds. The van der Waals surface area contributed by atoms with Crippen LogP contribution >= 0.6 is 0 Å². The van der Waals surface area contributed by atoms with Gasteiger partial charge >= 0.3 is 0 Å². The second-order valence-electron chi connectivity index (χ2n) is 4.45. The van der Waals surface area contributed by atoms with Gasteiger partial charge in [-0.25, -0.2) is 5.01 Å². The molecule has 2 N–H and O–H groups in total. The molecule has 0 spiro atoms. The predicted octanol–water partition coefficient (Wildman–Crippen LogP) is -0.776. The number of amides is 1. The number of nitrogens with one attached hydrogen (secondary N) is 2. The first-order chi connectivity index (χ1) is 7.18. The zero-order valence-electron chi connectivity index (χ0n) is 8.91. The molecule has 0 aromatic rings. The van der Waals surface area contributed by atoms with Crippen molar-refractivity contribution in [1.29, 1.82) is 0 Å². The molecule has 3 fully saturated rings. The van der Waals surface area contributed by atoms with Crippen molar-refractivity contribution >= 4 is 5.91 Å². The summed E-state index contributed by atoms with van der Waals surface area (Å²) >= 11 is 0. The van der Waals surface area contributed by atoms with E-state index in [1.807, 2.05) is 19.0 Å². The van der Waals surface area contributed by atoms with Crippen LogP contribution in [0.1, 0.15) is 6.92 Å². The van der Waals surface area contributed by atoms with Crippen LogP contribution in [-0.2, 0) is 9.53 Å². The number of likely N-dealkylation sites (N-methyl/N-ethyl adjacent to an activating group) is 1. The first-order valence-corrected chi connectivity index (χ1v) is 5.30. The van der Waals surface area contributed by atoms with Crippen molar-refractivity contribution in [3.63, 3.8) is 0 Å². The molecular weight excluding hydrogens is 194 g/mol. The van der Waals surface area contributed by atoms with Crippen LogP contribution in [0, 0.1) is 5.92 Å². The van der Waals surface area contributed by atoms with E-state index in [9.17, 15) is 4.79 Å². The Morgan fingerprint density at radius 1 is 1.47 bits per heavy atom. The lowest BCUT2D eigenvalue weighted by atomic mass is 9.85. The van der Waals surface area contributed by atoms with E-state index in [4.69, 9.17) is 4.74 Å². The minimum Gasteiger partial charge on any atom is -0.382 e. The second-order valence-corrected chi connectivity index (χ2v) is 4.45. The highest BCUT2D eigenvalue weighted by Gasteiger charge is 2.46. The Bertz CT molecular complexity index is 353. The van der Waals surface area contributed by atoms with Crippen molar-refractivity contribution < 1.29 is 9.53 Å². The van der Waals surface area contributed by atoms with Gasteiger partial charge in [-0.2, -0.15) is 0 Å². The van der Waals surface area contributed by atoms with Gasteiger partial charge in [-0.05, 0) is 6.92 Å². The fraction of sp³-hybridized carbons (Fsp3) is 0.700. The number of hydrogen-bond acceptors (Lipinski definition) is 4. The molecule has 3 aliphatic heterocycles. The number of carbonyl (C=O) groups excluding carboxylic acids is 1. The topological polar surface area (TPSA) is 53.6 Å². The first kappa shape index (κ1) is 9.18. The quantitative estimate of drug-likeness (QED) is 0.514. The molecule has 0 aromatic heterocycles. The lowest BCUT2D eigenvalue weighted by Crippen LogP contribution is -2.51. The normalized spacial score (nSPS) is 44.7. The summed E-state index contributed by atoms with van der Waals surface area (Å²) < 4.78 is 5.38. The van der Waals surface area contributed by atoms with Gasteiger partial charge in [-0.3, -0.25) is 10.2 Å². The van der Waals surface area contributed by atoms with Crippen LogP contribution in [0.25, 0.3) is 0 Å². The Morgan fingerprint density at radius 3 is 2.87 bits per heavy atom. The lowest BCUT2D eigenvalue weighted by Gasteiger charge is -2.36. The summed E-state index contributed by atoms with van der Waals surface area (Å²) in [6, 6.07) is 0.569. The summed E-state index contributed by atoms with van der Waals surface area (Å²) in [5.74, 6) is 0.442. The minimum absolute atomic E-state index is 0.0258. The fourth-order valence-corrected chi connectivity index (χ4v) is 2.52. The van der Waals surface area contributed by atoms with Crippen molar-refractivity contribution in [2.75, 3.05) is 20.3 Å². The summed E-state index contributed by atoms with van der Waals surface area (Å²) in [4.78, 5) is 11.7. The largest absolute Gasteiger partial charge is 0.382 e. The molecule has 15 heavy (non-hydrogen) atoms. The van der Waals surface area contributed by atoms with Crippen molar-refractivity contribution in [3.8, 4) is 0 Å². The maximum Gasteiger partial charge on any atom is 0.264 e. The first-order valence-electron chi connectivity index (χ1n) is 5.30. The molecule has 3 heterocycles. The SMILES string of the molecule is CC1/C(=C2/NC3COCC23)C(=O)NN1C. The molecule has 3 saturated heterocycles. The Kier molecular flexibility index (Phi) is 1.81. The number of fused-ring (bicyclic) bond motifs is 1. The monoisotopic (exact) mass is 209 g/mol. The zero-order valence-corrected chi connectivity index (χ0v) is 8.91. The third-order valence-electron chi connectivity index (χ3n) is 3.60. The van der Waals surface area contributed by atoms with E-state index in [0.29, 0.717) is 12.0 Å². The maximum atomic E-state index is 11.7. The standard InChI is InChI=1S/C10H15N3O2/c1-5-8(10(14)12-13(5)2)9-6-3-15-4-7(6)11-9/h5-7,11H,3-4H2,1-2H3,(H,12,14)/b9-8-. The molecule has 0 saturated carbocycles. The van der Waals surface area contributed by atoms with Crippen molar-refractivity contribution in [1.82, 2.24) is 15.8 Å². The van der Waals surface area contributed by atoms with Crippen LogP contribution in [0.5, 0.6) is 0 Å². The average Bonchev–Trinajstić information content (AvgIpc) is 2.63. The summed E-state index contributed by atoms with van der Waals surface area (Å²) in [6.07, 6.45) is 0. The number of carbonyl (C=O) groups is 1. The van der Waals surface area contributed by atoms with Crippen LogP contribution in [0.2, 0.25) is 0 Å². The molecule has 0 radical (unpaired) electrons. The van der Waals surface area contributed by atoms with Gasteiger partial charge in [0.05, 0.1) is 30.9 Å². The summed E-state index contributed by atoms with van der Waals surface area (Å²) in [6.45, 7) is 3.55. The summed E-state index contributed by atoms with van der Waals surface area (Å²) in [5, 5.41) is 5.17. The summed E-state index contributed by atoms with van der Waals surface area (Å²) in [5.41, 5.74) is 4.77. The highest BCUT2D eigenvalue weighted by Crippen LogP contribution is 2.35. The number of hydrogen-bond donors (Lipinski definition) is 2. The Hall–Kier alpha value is -1.07. The minimum atomic E-state index is 0.0258. The smallest absolute Gasteiger partial charge is 0.264 e. The molecule has 3 rings (SSSR count). The fourth-order valence-electron chi connectivity index (χ4n) is 2.52. The van der Waals surface area contributed by atoms with Crippen molar-refractivity contribution in [3.05, 3.63) is 11.3 Å². The molecule has 3 unspecified atom stereocenters. The van der Waals surface area contributed by atoms with E-state index >= 15 is 0 Å². The number of hydrazine groups is 1. The molecule has 3 atom stereocenters. The van der Waals surface area contributed by atoms with Crippen LogP contribution in [-0.4, -0.2) is 43.3 Å². The van der Waals surface area contributed by atoms with E-state index < -0.39 is 0 Å².